The molecule has 19 heavy (non-hydrogen) atoms. The van der Waals surface area contributed by atoms with Crippen molar-refractivity contribution in [3.8, 4) is 5.75 Å². The number of pyridine rings is 1. The summed E-state index contributed by atoms with van der Waals surface area (Å²) >= 11 is 0. The van der Waals surface area contributed by atoms with Gasteiger partial charge in [-0.25, -0.2) is 0 Å². The van der Waals surface area contributed by atoms with E-state index >= 15 is 0 Å². The zero-order valence-electron chi connectivity index (χ0n) is 11.0. The Bertz CT molecular complexity index is 600. The molecule has 0 bridgehead atoms. The Morgan fingerprint density at radius 3 is 2.58 bits per heavy atom. The molecule has 0 aliphatic carbocycles. The molecule has 1 heterocycles. The molecule has 2 aromatic rings. The first-order valence-corrected chi connectivity index (χ1v) is 5.98. The minimum Gasteiger partial charge on any atom is -0.497 e. The molecule has 0 spiro atoms. The lowest BCUT2D eigenvalue weighted by Gasteiger charge is -1.99. The molecule has 1 aromatic heterocycles. The number of rotatable bonds is 4. The second kappa shape index (κ2) is 5.96. The third-order valence-corrected chi connectivity index (χ3v) is 2.71. The van der Waals surface area contributed by atoms with Gasteiger partial charge in [0.05, 0.1) is 7.11 Å². The second-order valence-electron chi connectivity index (χ2n) is 4.19. The molecule has 0 aliphatic rings. The van der Waals surface area contributed by atoms with Crippen LogP contribution in [0.5, 0.6) is 5.75 Å². The van der Waals surface area contributed by atoms with Crippen molar-refractivity contribution in [3.05, 3.63) is 65.5 Å². The average molecular weight is 253 g/mol. The van der Waals surface area contributed by atoms with Gasteiger partial charge in [0.1, 0.15) is 11.4 Å². The highest BCUT2D eigenvalue weighted by atomic mass is 16.5. The maximum atomic E-state index is 11.9. The number of ketones is 1. The van der Waals surface area contributed by atoms with Crippen LogP contribution in [0.3, 0.4) is 0 Å². The minimum atomic E-state index is -0.0977. The van der Waals surface area contributed by atoms with Crippen LogP contribution in [0.25, 0.3) is 6.08 Å². The summed E-state index contributed by atoms with van der Waals surface area (Å²) in [5.74, 6) is 0.698. The Balaban J connectivity index is 2.11. The minimum absolute atomic E-state index is 0.0977. The number of hydrogen-bond donors (Lipinski definition) is 0. The first kappa shape index (κ1) is 13.0. The van der Waals surface area contributed by atoms with Gasteiger partial charge in [-0.05, 0) is 48.4 Å². The van der Waals surface area contributed by atoms with Gasteiger partial charge in [-0.2, -0.15) is 0 Å². The van der Waals surface area contributed by atoms with Crippen molar-refractivity contribution < 1.29 is 9.53 Å². The molecule has 2 rings (SSSR count). The first-order chi connectivity index (χ1) is 9.19. The van der Waals surface area contributed by atoms with E-state index in [0.29, 0.717) is 5.69 Å². The lowest BCUT2D eigenvalue weighted by Crippen LogP contribution is -1.98. The normalized spacial score (nSPS) is 10.6. The van der Waals surface area contributed by atoms with Gasteiger partial charge in [-0.3, -0.25) is 9.78 Å². The quantitative estimate of drug-likeness (QED) is 0.620. The van der Waals surface area contributed by atoms with Crippen molar-refractivity contribution in [2.24, 2.45) is 0 Å². The van der Waals surface area contributed by atoms with E-state index in [1.165, 1.54) is 6.08 Å². The van der Waals surface area contributed by atoms with E-state index in [9.17, 15) is 4.79 Å². The predicted molar refractivity (Wildman–Crippen MR) is 75.3 cm³/mol. The van der Waals surface area contributed by atoms with Crippen LogP contribution in [0.15, 0.2) is 48.7 Å². The van der Waals surface area contributed by atoms with E-state index < -0.39 is 0 Å². The Hall–Kier alpha value is -2.42. The molecule has 3 heteroatoms. The lowest BCUT2D eigenvalue weighted by molar-refractivity contribution is 0.104. The van der Waals surface area contributed by atoms with Crippen LogP contribution in [0.1, 0.15) is 21.6 Å². The summed E-state index contributed by atoms with van der Waals surface area (Å²) in [6, 6.07) is 11.1. The van der Waals surface area contributed by atoms with Crippen LogP contribution in [-0.2, 0) is 0 Å². The van der Waals surface area contributed by atoms with E-state index in [0.717, 1.165) is 16.9 Å². The van der Waals surface area contributed by atoms with Crippen LogP contribution >= 0.6 is 0 Å². The maximum absolute atomic E-state index is 11.9. The molecule has 96 valence electrons. The third-order valence-electron chi connectivity index (χ3n) is 2.71. The standard InChI is InChI=1S/C16H15NO2/c1-12-9-10-17-15(11-12)16(18)8-5-13-3-6-14(19-2)7-4-13/h3-11H,1-2H3/b8-5+. The zero-order valence-corrected chi connectivity index (χ0v) is 11.0. The summed E-state index contributed by atoms with van der Waals surface area (Å²) in [4.78, 5) is 16.0. The van der Waals surface area contributed by atoms with E-state index in [2.05, 4.69) is 4.98 Å². The van der Waals surface area contributed by atoms with Gasteiger partial charge in [0.2, 0.25) is 5.78 Å². The molecule has 0 fully saturated rings. The molecule has 0 radical (unpaired) electrons. The van der Waals surface area contributed by atoms with Crippen LogP contribution in [-0.4, -0.2) is 17.9 Å². The Kier molecular flexibility index (Phi) is 4.08. The maximum Gasteiger partial charge on any atom is 0.204 e. The fourth-order valence-electron chi connectivity index (χ4n) is 1.64. The molecule has 1 aromatic carbocycles. The highest BCUT2D eigenvalue weighted by Crippen LogP contribution is 2.12. The van der Waals surface area contributed by atoms with Crippen LogP contribution < -0.4 is 4.74 Å². The third kappa shape index (κ3) is 3.52. The number of carbonyl (C=O) groups excluding carboxylic acids is 1. The van der Waals surface area contributed by atoms with Crippen molar-refractivity contribution in [3.63, 3.8) is 0 Å². The number of allylic oxidation sites excluding steroid dienone is 1. The fraction of sp³-hybridized carbons (Fsp3) is 0.125. The molecule has 0 saturated heterocycles. The zero-order chi connectivity index (χ0) is 13.7. The van der Waals surface area contributed by atoms with Crippen molar-refractivity contribution in [2.75, 3.05) is 7.11 Å². The Labute approximate surface area is 112 Å². The predicted octanol–water partition coefficient (Wildman–Crippen LogP) is 3.29. The molecular formula is C16H15NO2. The van der Waals surface area contributed by atoms with Crippen molar-refractivity contribution in [1.29, 1.82) is 0 Å². The highest BCUT2D eigenvalue weighted by Gasteiger charge is 2.02. The summed E-state index contributed by atoms with van der Waals surface area (Å²) in [7, 11) is 1.62. The van der Waals surface area contributed by atoms with Crippen LogP contribution in [0.2, 0.25) is 0 Å². The molecule has 0 unspecified atom stereocenters. The largest absolute Gasteiger partial charge is 0.497 e. The second-order valence-corrected chi connectivity index (χ2v) is 4.19. The van der Waals surface area contributed by atoms with Crippen molar-refractivity contribution in [2.45, 2.75) is 6.92 Å². The number of benzene rings is 1. The highest BCUT2D eigenvalue weighted by molar-refractivity contribution is 6.05. The summed E-state index contributed by atoms with van der Waals surface area (Å²) < 4.78 is 5.08. The molecule has 0 amide bonds. The van der Waals surface area contributed by atoms with Gasteiger partial charge in [0.15, 0.2) is 0 Å². The first-order valence-electron chi connectivity index (χ1n) is 5.98. The molecular weight excluding hydrogens is 238 g/mol. The SMILES string of the molecule is COc1ccc(/C=C/C(=O)c2cc(C)ccn2)cc1. The van der Waals surface area contributed by atoms with Gasteiger partial charge in [-0.1, -0.05) is 18.2 Å². The molecule has 0 aliphatic heterocycles. The fourth-order valence-corrected chi connectivity index (χ4v) is 1.64. The number of carbonyl (C=O) groups is 1. The lowest BCUT2D eigenvalue weighted by atomic mass is 10.1. The van der Waals surface area contributed by atoms with Gasteiger partial charge in [0, 0.05) is 6.20 Å². The van der Waals surface area contributed by atoms with E-state index in [4.69, 9.17) is 4.74 Å². The molecule has 0 atom stereocenters. The Morgan fingerprint density at radius 1 is 1.21 bits per heavy atom. The average Bonchev–Trinajstić information content (AvgIpc) is 2.45. The monoisotopic (exact) mass is 253 g/mol. The summed E-state index contributed by atoms with van der Waals surface area (Å²) in [6.45, 7) is 1.94. The van der Waals surface area contributed by atoms with Gasteiger partial charge >= 0.3 is 0 Å². The summed E-state index contributed by atoms with van der Waals surface area (Å²) in [5.41, 5.74) is 2.43. The van der Waals surface area contributed by atoms with Crippen LogP contribution in [0.4, 0.5) is 0 Å². The summed E-state index contributed by atoms with van der Waals surface area (Å²) in [6.07, 6.45) is 4.94. The number of methoxy groups -OCH3 is 1. The van der Waals surface area contributed by atoms with E-state index in [-0.39, 0.29) is 5.78 Å². The molecule has 0 N–H and O–H groups in total. The van der Waals surface area contributed by atoms with Gasteiger partial charge in [-0.15, -0.1) is 0 Å². The number of hydrogen-bond acceptors (Lipinski definition) is 3. The number of aromatic nitrogens is 1. The van der Waals surface area contributed by atoms with Gasteiger partial charge < -0.3 is 4.74 Å². The van der Waals surface area contributed by atoms with Crippen LogP contribution in [0, 0.1) is 6.92 Å². The van der Waals surface area contributed by atoms with Crippen molar-refractivity contribution in [1.82, 2.24) is 4.98 Å². The van der Waals surface area contributed by atoms with E-state index in [1.54, 1.807) is 25.4 Å². The Morgan fingerprint density at radius 2 is 1.95 bits per heavy atom. The molecule has 3 nitrogen and oxygen atoms in total. The number of nitrogens with zero attached hydrogens (tertiary/aromatic N) is 1. The molecule has 0 saturated carbocycles. The summed E-state index contributed by atoms with van der Waals surface area (Å²) in [5, 5.41) is 0. The topological polar surface area (TPSA) is 39.2 Å². The van der Waals surface area contributed by atoms with Gasteiger partial charge in [0.25, 0.3) is 0 Å². The smallest absolute Gasteiger partial charge is 0.204 e. The van der Waals surface area contributed by atoms with Crippen molar-refractivity contribution >= 4 is 11.9 Å². The number of ether oxygens (including phenoxy) is 1. The van der Waals surface area contributed by atoms with E-state index in [1.807, 2.05) is 37.3 Å². The number of aryl methyl sites for hydroxylation is 1.